The normalized spacial score (nSPS) is 17.1. The fourth-order valence-electron chi connectivity index (χ4n) is 3.31. The van der Waals surface area contributed by atoms with Crippen molar-refractivity contribution in [1.29, 1.82) is 0 Å². The van der Waals surface area contributed by atoms with E-state index in [-0.39, 0.29) is 17.2 Å². The summed E-state index contributed by atoms with van der Waals surface area (Å²) in [5.74, 6) is 1.11. The van der Waals surface area contributed by atoms with Crippen LogP contribution in [0.4, 0.5) is 5.69 Å². The Balaban J connectivity index is 1.84. The van der Waals surface area contributed by atoms with E-state index >= 15 is 0 Å². The molecular weight excluding hydrogens is 346 g/mol. The van der Waals surface area contributed by atoms with Crippen LogP contribution in [0.5, 0.6) is 11.5 Å². The average Bonchev–Trinajstić information content (AvgIpc) is 3.19. The summed E-state index contributed by atoms with van der Waals surface area (Å²) < 4.78 is 10.6. The Hall–Kier alpha value is -3.48. The van der Waals surface area contributed by atoms with E-state index in [4.69, 9.17) is 9.47 Å². The number of fused-ring (bicyclic) bond motifs is 1. The maximum absolute atomic E-state index is 12.9. The number of rotatable bonds is 4. The molecule has 1 aliphatic heterocycles. The molecule has 7 nitrogen and oxygen atoms in total. The minimum Gasteiger partial charge on any atom is -0.497 e. The van der Waals surface area contributed by atoms with Crippen LogP contribution >= 0.6 is 0 Å². The van der Waals surface area contributed by atoms with Crippen molar-refractivity contribution in [3.63, 3.8) is 0 Å². The van der Waals surface area contributed by atoms with Gasteiger partial charge in [-0.3, -0.25) is 4.79 Å². The van der Waals surface area contributed by atoms with Gasteiger partial charge in [0, 0.05) is 18.2 Å². The molecule has 2 aromatic carbocycles. The summed E-state index contributed by atoms with van der Waals surface area (Å²) in [5.41, 5.74) is 2.29. The van der Waals surface area contributed by atoms with Crippen LogP contribution in [0.1, 0.15) is 12.7 Å². The largest absolute Gasteiger partial charge is 0.497 e. The number of para-hydroxylation sites is 2. The van der Waals surface area contributed by atoms with Crippen LogP contribution in [0.25, 0.3) is 16.6 Å². The summed E-state index contributed by atoms with van der Waals surface area (Å²) in [5, 5.41) is 10.9. The summed E-state index contributed by atoms with van der Waals surface area (Å²) >= 11 is 0. The predicted octanol–water partition coefficient (Wildman–Crippen LogP) is 3.28. The van der Waals surface area contributed by atoms with Crippen LogP contribution < -0.4 is 14.4 Å². The highest BCUT2D eigenvalue weighted by molar-refractivity contribution is 6.27. The number of aromatic nitrogens is 2. The zero-order chi connectivity index (χ0) is 19.1. The molecule has 0 fully saturated rings. The molecule has 1 unspecified atom stereocenters. The van der Waals surface area contributed by atoms with Crippen molar-refractivity contribution in [2.45, 2.75) is 13.0 Å². The third kappa shape index (κ3) is 2.68. The molecule has 2 heterocycles. The molecule has 0 saturated carbocycles. The van der Waals surface area contributed by atoms with Gasteiger partial charge in [0.05, 0.1) is 37.0 Å². The molecule has 1 atom stereocenters. The number of carbonyl (C=O) groups is 1. The Morgan fingerprint density at radius 2 is 1.78 bits per heavy atom. The standard InChI is InChI=1S/C20H19N3O4/c1-11-18(24)17(19-21-15-6-4-5-7-16(15)22-19)20(25)23(11)12-8-13(26-2)10-14(9-12)27-3/h4-11,25H,1-3H3,(H,21,22). The fraction of sp³-hybridized carbons (Fsp3) is 0.200. The summed E-state index contributed by atoms with van der Waals surface area (Å²) in [7, 11) is 3.10. The first-order chi connectivity index (χ1) is 13.0. The van der Waals surface area contributed by atoms with Gasteiger partial charge in [-0.1, -0.05) is 12.1 Å². The van der Waals surface area contributed by atoms with Crippen molar-refractivity contribution in [3.8, 4) is 11.5 Å². The first kappa shape index (κ1) is 17.0. The number of imidazole rings is 1. The zero-order valence-electron chi connectivity index (χ0n) is 15.2. The van der Waals surface area contributed by atoms with Crippen molar-refractivity contribution in [3.05, 3.63) is 54.2 Å². The quantitative estimate of drug-likeness (QED) is 0.738. The van der Waals surface area contributed by atoms with E-state index in [1.54, 1.807) is 44.2 Å². The number of aliphatic hydroxyl groups excluding tert-OH is 1. The Kier molecular flexibility index (Phi) is 3.99. The van der Waals surface area contributed by atoms with Crippen LogP contribution in [-0.2, 0) is 4.79 Å². The lowest BCUT2D eigenvalue weighted by atomic mass is 10.1. The lowest BCUT2D eigenvalue weighted by molar-refractivity contribution is -0.114. The number of aromatic amines is 1. The van der Waals surface area contributed by atoms with Crippen LogP contribution in [0, 0.1) is 0 Å². The summed E-state index contributed by atoms with van der Waals surface area (Å²) in [6.07, 6.45) is 0. The molecular formula is C20H19N3O4. The van der Waals surface area contributed by atoms with E-state index in [1.807, 2.05) is 24.3 Å². The van der Waals surface area contributed by atoms with Gasteiger partial charge in [0.15, 0.2) is 5.78 Å². The van der Waals surface area contributed by atoms with Gasteiger partial charge in [0.1, 0.15) is 22.9 Å². The van der Waals surface area contributed by atoms with E-state index in [0.29, 0.717) is 23.0 Å². The van der Waals surface area contributed by atoms with E-state index < -0.39 is 6.04 Å². The number of benzene rings is 2. The molecule has 0 bridgehead atoms. The second-order valence-electron chi connectivity index (χ2n) is 6.28. The SMILES string of the molecule is COc1cc(OC)cc(N2C(O)=C(c3nc4ccccc4[nH]3)C(=O)C2C)c1. The number of hydrogen-bond donors (Lipinski definition) is 2. The number of aliphatic hydroxyl groups is 1. The van der Waals surface area contributed by atoms with Crippen molar-refractivity contribution in [1.82, 2.24) is 9.97 Å². The third-order valence-electron chi connectivity index (χ3n) is 4.71. The van der Waals surface area contributed by atoms with Gasteiger partial charge in [-0.15, -0.1) is 0 Å². The van der Waals surface area contributed by atoms with E-state index in [1.165, 1.54) is 0 Å². The Morgan fingerprint density at radius 1 is 1.11 bits per heavy atom. The highest BCUT2D eigenvalue weighted by Crippen LogP contribution is 2.38. The molecule has 27 heavy (non-hydrogen) atoms. The monoisotopic (exact) mass is 365 g/mol. The van der Waals surface area contributed by atoms with E-state index in [0.717, 1.165) is 11.0 Å². The molecule has 0 aliphatic carbocycles. The van der Waals surface area contributed by atoms with Crippen LogP contribution in [-0.4, -0.2) is 41.1 Å². The third-order valence-corrected chi connectivity index (χ3v) is 4.71. The minimum absolute atomic E-state index is 0.151. The van der Waals surface area contributed by atoms with Gasteiger partial charge in [0.2, 0.25) is 5.88 Å². The molecule has 1 aromatic heterocycles. The second-order valence-corrected chi connectivity index (χ2v) is 6.28. The number of ketones is 1. The first-order valence-electron chi connectivity index (χ1n) is 8.48. The number of hydrogen-bond acceptors (Lipinski definition) is 6. The fourth-order valence-corrected chi connectivity index (χ4v) is 3.31. The highest BCUT2D eigenvalue weighted by atomic mass is 16.5. The minimum atomic E-state index is -0.593. The van der Waals surface area contributed by atoms with Crippen LogP contribution in [0.15, 0.2) is 48.3 Å². The van der Waals surface area contributed by atoms with Gasteiger partial charge >= 0.3 is 0 Å². The van der Waals surface area contributed by atoms with Crippen LogP contribution in [0.2, 0.25) is 0 Å². The lowest BCUT2D eigenvalue weighted by Crippen LogP contribution is -2.31. The number of nitrogens with one attached hydrogen (secondary N) is 1. The highest BCUT2D eigenvalue weighted by Gasteiger charge is 2.40. The molecule has 138 valence electrons. The van der Waals surface area contributed by atoms with Gasteiger partial charge in [-0.05, 0) is 19.1 Å². The number of methoxy groups -OCH3 is 2. The molecule has 4 rings (SSSR count). The Bertz CT molecular complexity index is 1010. The second kappa shape index (κ2) is 6.35. The Labute approximate surface area is 155 Å². The maximum Gasteiger partial charge on any atom is 0.207 e. The van der Waals surface area contributed by atoms with Crippen LogP contribution in [0.3, 0.4) is 0 Å². The van der Waals surface area contributed by atoms with Crippen molar-refractivity contribution < 1.29 is 19.4 Å². The molecule has 0 spiro atoms. The van der Waals surface area contributed by atoms with Gasteiger partial charge in [-0.25, -0.2) is 4.98 Å². The van der Waals surface area contributed by atoms with E-state index in [2.05, 4.69) is 9.97 Å². The lowest BCUT2D eigenvalue weighted by Gasteiger charge is -2.24. The number of nitrogens with zero attached hydrogens (tertiary/aromatic N) is 2. The molecule has 0 radical (unpaired) electrons. The molecule has 3 aromatic rings. The van der Waals surface area contributed by atoms with Crippen molar-refractivity contribution in [2.24, 2.45) is 0 Å². The first-order valence-corrected chi connectivity index (χ1v) is 8.48. The van der Waals surface area contributed by atoms with Gasteiger partial charge in [-0.2, -0.15) is 0 Å². The molecule has 0 saturated heterocycles. The van der Waals surface area contributed by atoms with E-state index in [9.17, 15) is 9.90 Å². The van der Waals surface area contributed by atoms with Crippen molar-refractivity contribution >= 4 is 28.1 Å². The average molecular weight is 365 g/mol. The molecule has 2 N–H and O–H groups in total. The maximum atomic E-state index is 12.9. The number of anilines is 1. The molecule has 1 aliphatic rings. The number of Topliss-reactive ketones (excluding diaryl/α,β-unsaturated/α-hetero) is 1. The predicted molar refractivity (Wildman–Crippen MR) is 102 cm³/mol. The van der Waals surface area contributed by atoms with Gasteiger partial charge < -0.3 is 24.5 Å². The molecule has 0 amide bonds. The number of carbonyl (C=O) groups excluding carboxylic acids is 1. The smallest absolute Gasteiger partial charge is 0.207 e. The summed E-state index contributed by atoms with van der Waals surface area (Å²) in [6, 6.07) is 12.1. The summed E-state index contributed by atoms with van der Waals surface area (Å²) in [4.78, 5) is 22.0. The van der Waals surface area contributed by atoms with Gasteiger partial charge in [0.25, 0.3) is 0 Å². The van der Waals surface area contributed by atoms with Crippen molar-refractivity contribution in [2.75, 3.05) is 19.1 Å². The molecule has 7 heteroatoms. The number of H-pyrrole nitrogens is 1. The Morgan fingerprint density at radius 3 is 2.41 bits per heavy atom. The zero-order valence-corrected chi connectivity index (χ0v) is 15.2. The topological polar surface area (TPSA) is 87.7 Å². The number of ether oxygens (including phenoxy) is 2. The summed E-state index contributed by atoms with van der Waals surface area (Å²) in [6.45, 7) is 1.74.